The van der Waals surface area contributed by atoms with E-state index in [0.717, 1.165) is 0 Å². The molecular formula is C17H21F3N2O4. The van der Waals surface area contributed by atoms with Gasteiger partial charge in [0, 0.05) is 20.0 Å². The number of amides is 2. The zero-order valence-electron chi connectivity index (χ0n) is 15.0. The summed E-state index contributed by atoms with van der Waals surface area (Å²) in [6.07, 6.45) is -5.03. The van der Waals surface area contributed by atoms with Crippen LogP contribution in [0.1, 0.15) is 38.8 Å². The van der Waals surface area contributed by atoms with Crippen LogP contribution in [0.3, 0.4) is 0 Å². The lowest BCUT2D eigenvalue weighted by Crippen LogP contribution is -2.40. The molecule has 0 fully saturated rings. The van der Waals surface area contributed by atoms with E-state index in [0.29, 0.717) is 24.1 Å². The van der Waals surface area contributed by atoms with Crippen molar-refractivity contribution in [2.75, 3.05) is 11.9 Å². The molecule has 1 aliphatic heterocycles. The van der Waals surface area contributed by atoms with Crippen molar-refractivity contribution in [3.8, 4) is 5.75 Å². The van der Waals surface area contributed by atoms with E-state index in [1.54, 1.807) is 20.8 Å². The number of carbonyl (C=O) groups is 2. The molecule has 0 bridgehead atoms. The average molecular weight is 374 g/mol. The molecule has 2 rings (SSSR count). The third-order valence-electron chi connectivity index (χ3n) is 3.50. The van der Waals surface area contributed by atoms with Gasteiger partial charge in [-0.25, -0.2) is 4.79 Å². The van der Waals surface area contributed by atoms with Crippen molar-refractivity contribution in [2.24, 2.45) is 0 Å². The molecule has 26 heavy (non-hydrogen) atoms. The lowest BCUT2D eigenvalue weighted by Gasteiger charge is -2.31. The highest BCUT2D eigenvalue weighted by molar-refractivity contribution is 5.90. The summed E-state index contributed by atoms with van der Waals surface area (Å²) in [6, 6.07) is 2.65. The molecule has 1 aromatic rings. The molecule has 1 aliphatic rings. The Kier molecular flexibility index (Phi) is 5.39. The number of hydrogen-bond acceptors (Lipinski definition) is 4. The summed E-state index contributed by atoms with van der Waals surface area (Å²) in [5.74, 6) is -1.01. The van der Waals surface area contributed by atoms with E-state index in [1.165, 1.54) is 24.0 Å². The van der Waals surface area contributed by atoms with E-state index in [2.05, 4.69) is 10.1 Å². The highest BCUT2D eigenvalue weighted by Gasteiger charge is 2.33. The maximum atomic E-state index is 12.6. The van der Waals surface area contributed by atoms with Crippen LogP contribution >= 0.6 is 0 Å². The lowest BCUT2D eigenvalue weighted by molar-refractivity contribution is -0.274. The Labute approximate surface area is 149 Å². The minimum absolute atomic E-state index is 0.0976. The summed E-state index contributed by atoms with van der Waals surface area (Å²) < 4.78 is 47.2. The summed E-state index contributed by atoms with van der Waals surface area (Å²) in [4.78, 5) is 25.0. The van der Waals surface area contributed by atoms with Gasteiger partial charge < -0.3 is 19.7 Å². The standard InChI is InChI=1S/C17H21F3N2O4/c1-10(23)21-13-7-12-9-22(15(24)26-16(2,3)4)6-5-11(12)8-14(13)25-17(18,19)20/h7-8H,5-6,9H2,1-4H3,(H,21,23). The van der Waals surface area contributed by atoms with Gasteiger partial charge in [0.2, 0.25) is 5.91 Å². The highest BCUT2D eigenvalue weighted by atomic mass is 19.4. The van der Waals surface area contributed by atoms with Crippen molar-refractivity contribution in [2.45, 2.75) is 52.6 Å². The number of alkyl halides is 3. The van der Waals surface area contributed by atoms with E-state index in [-0.39, 0.29) is 12.2 Å². The maximum Gasteiger partial charge on any atom is 0.573 e. The van der Waals surface area contributed by atoms with E-state index < -0.39 is 29.7 Å². The van der Waals surface area contributed by atoms with Crippen molar-refractivity contribution in [3.63, 3.8) is 0 Å². The molecule has 0 spiro atoms. The minimum atomic E-state index is -4.88. The molecule has 0 aromatic heterocycles. The number of nitrogens with zero attached hydrogens (tertiary/aromatic N) is 1. The zero-order valence-corrected chi connectivity index (χ0v) is 15.0. The number of rotatable bonds is 2. The third-order valence-corrected chi connectivity index (χ3v) is 3.50. The smallest absolute Gasteiger partial charge is 0.444 e. The zero-order chi connectivity index (χ0) is 19.7. The van der Waals surface area contributed by atoms with Crippen molar-refractivity contribution < 1.29 is 32.2 Å². The Hall–Kier alpha value is -2.45. The van der Waals surface area contributed by atoms with Crippen molar-refractivity contribution in [1.29, 1.82) is 0 Å². The van der Waals surface area contributed by atoms with Gasteiger partial charge in [0.15, 0.2) is 5.75 Å². The van der Waals surface area contributed by atoms with Crippen molar-refractivity contribution in [1.82, 2.24) is 4.90 Å². The van der Waals surface area contributed by atoms with Crippen LogP contribution in [-0.4, -0.2) is 35.4 Å². The molecule has 2 amide bonds. The van der Waals surface area contributed by atoms with Crippen LogP contribution in [0, 0.1) is 0 Å². The van der Waals surface area contributed by atoms with Gasteiger partial charge in [0.05, 0.1) is 5.69 Å². The predicted molar refractivity (Wildman–Crippen MR) is 87.8 cm³/mol. The molecule has 0 radical (unpaired) electrons. The Bertz CT molecular complexity index is 711. The lowest BCUT2D eigenvalue weighted by atomic mass is 9.98. The minimum Gasteiger partial charge on any atom is -0.444 e. The summed E-state index contributed by atoms with van der Waals surface area (Å²) in [7, 11) is 0. The van der Waals surface area contributed by atoms with Crippen LogP contribution in [-0.2, 0) is 22.5 Å². The second kappa shape index (κ2) is 7.05. The SMILES string of the molecule is CC(=O)Nc1cc2c(cc1OC(F)(F)F)CCN(C(=O)OC(C)(C)C)C2. The van der Waals surface area contributed by atoms with Crippen LogP contribution in [0.25, 0.3) is 0 Å². The molecule has 1 N–H and O–H groups in total. The number of halogens is 3. The summed E-state index contributed by atoms with van der Waals surface area (Å²) in [5, 5.41) is 2.33. The van der Waals surface area contributed by atoms with Crippen molar-refractivity contribution in [3.05, 3.63) is 23.3 Å². The normalized spacial score (nSPS) is 14.5. The van der Waals surface area contributed by atoms with Gasteiger partial charge in [-0.15, -0.1) is 13.2 Å². The van der Waals surface area contributed by atoms with E-state index in [1.807, 2.05) is 0 Å². The summed E-state index contributed by atoms with van der Waals surface area (Å²) in [6.45, 7) is 6.91. The fourth-order valence-corrected chi connectivity index (χ4v) is 2.57. The van der Waals surface area contributed by atoms with Gasteiger partial charge >= 0.3 is 12.5 Å². The molecular weight excluding hydrogens is 353 g/mol. The highest BCUT2D eigenvalue weighted by Crippen LogP contribution is 2.35. The number of anilines is 1. The number of ether oxygens (including phenoxy) is 2. The van der Waals surface area contributed by atoms with Crippen LogP contribution < -0.4 is 10.1 Å². The quantitative estimate of drug-likeness (QED) is 0.854. The molecule has 0 atom stereocenters. The molecule has 0 unspecified atom stereocenters. The van der Waals surface area contributed by atoms with E-state index >= 15 is 0 Å². The van der Waals surface area contributed by atoms with Gasteiger partial charge in [-0.2, -0.15) is 0 Å². The maximum absolute atomic E-state index is 12.6. The topological polar surface area (TPSA) is 67.9 Å². The molecule has 144 valence electrons. The third kappa shape index (κ3) is 5.53. The van der Waals surface area contributed by atoms with Gasteiger partial charge in [-0.1, -0.05) is 0 Å². The molecule has 1 heterocycles. The van der Waals surface area contributed by atoms with Crippen LogP contribution in [0.4, 0.5) is 23.7 Å². The Morgan fingerprint density at radius 2 is 1.81 bits per heavy atom. The van der Waals surface area contributed by atoms with Gasteiger partial charge in [0.25, 0.3) is 0 Å². The molecule has 1 aromatic carbocycles. The predicted octanol–water partition coefficient (Wildman–Crippen LogP) is 3.84. The van der Waals surface area contributed by atoms with E-state index in [4.69, 9.17) is 4.74 Å². The van der Waals surface area contributed by atoms with Gasteiger partial charge in [-0.05, 0) is 50.5 Å². The Morgan fingerprint density at radius 1 is 1.15 bits per heavy atom. The Balaban J connectivity index is 2.29. The van der Waals surface area contributed by atoms with Crippen molar-refractivity contribution >= 4 is 17.7 Å². The summed E-state index contributed by atoms with van der Waals surface area (Å²) >= 11 is 0. The molecule has 0 saturated carbocycles. The van der Waals surface area contributed by atoms with E-state index in [9.17, 15) is 22.8 Å². The number of carbonyl (C=O) groups excluding carboxylic acids is 2. The molecule has 9 heteroatoms. The summed E-state index contributed by atoms with van der Waals surface area (Å²) in [5.41, 5.74) is 0.501. The average Bonchev–Trinajstić information content (AvgIpc) is 2.43. The second-order valence-electron chi connectivity index (χ2n) is 7.00. The largest absolute Gasteiger partial charge is 0.573 e. The fraction of sp³-hybridized carbons (Fsp3) is 0.529. The number of benzene rings is 1. The first-order chi connectivity index (χ1) is 11.8. The monoisotopic (exact) mass is 374 g/mol. The molecule has 0 aliphatic carbocycles. The number of nitrogens with one attached hydrogen (secondary N) is 1. The fourth-order valence-electron chi connectivity index (χ4n) is 2.57. The molecule has 6 nitrogen and oxygen atoms in total. The number of hydrogen-bond donors (Lipinski definition) is 1. The first kappa shape index (κ1) is 19.9. The molecule has 0 saturated heterocycles. The van der Waals surface area contributed by atoms with Crippen LogP contribution in [0.5, 0.6) is 5.75 Å². The second-order valence-corrected chi connectivity index (χ2v) is 7.00. The first-order valence-corrected chi connectivity index (χ1v) is 8.01. The van der Waals surface area contributed by atoms with Gasteiger partial charge in [0.1, 0.15) is 5.60 Å². The first-order valence-electron chi connectivity index (χ1n) is 8.01. The van der Waals surface area contributed by atoms with Gasteiger partial charge in [-0.3, -0.25) is 4.79 Å². The van der Waals surface area contributed by atoms with Crippen LogP contribution in [0.15, 0.2) is 12.1 Å². The Morgan fingerprint density at radius 3 is 2.35 bits per heavy atom. The van der Waals surface area contributed by atoms with Crippen LogP contribution in [0.2, 0.25) is 0 Å². The number of fused-ring (bicyclic) bond motifs is 1.